The van der Waals surface area contributed by atoms with Crippen molar-refractivity contribution in [1.82, 2.24) is 0 Å². The first-order chi connectivity index (χ1) is 16.7. The molecule has 0 saturated carbocycles. The van der Waals surface area contributed by atoms with Gasteiger partial charge in [0, 0.05) is 16.2 Å². The van der Waals surface area contributed by atoms with E-state index in [-0.39, 0.29) is 22.1 Å². The van der Waals surface area contributed by atoms with Crippen LogP contribution in [-0.2, 0) is 4.74 Å². The number of aliphatic hydroxyl groups is 3. The first-order valence-corrected chi connectivity index (χ1v) is 11.1. The second kappa shape index (κ2) is 8.39. The Morgan fingerprint density at radius 1 is 0.943 bits per heavy atom. The molecule has 184 valence electrons. The highest BCUT2D eigenvalue weighted by atomic mass is 16.6. The molecule has 1 aromatic heterocycles. The van der Waals surface area contributed by atoms with Gasteiger partial charge in [-0.25, -0.2) is 4.79 Å². The van der Waals surface area contributed by atoms with Gasteiger partial charge in [-0.15, -0.1) is 0 Å². The van der Waals surface area contributed by atoms with Gasteiger partial charge in [-0.05, 0) is 49.2 Å². The third kappa shape index (κ3) is 3.42. The van der Waals surface area contributed by atoms with E-state index < -0.39 is 36.1 Å². The second-order valence-electron chi connectivity index (χ2n) is 8.90. The number of ether oxygens (including phenoxy) is 3. The largest absolute Gasteiger partial charge is 0.507 e. The number of benzene rings is 3. The Morgan fingerprint density at radius 3 is 2.26 bits per heavy atom. The molecule has 1 fully saturated rings. The molecule has 0 amide bonds. The minimum Gasteiger partial charge on any atom is -0.507 e. The molecular weight excluding hydrogens is 456 g/mol. The molecule has 4 aromatic rings. The number of hydrogen-bond donors (Lipinski definition) is 4. The van der Waals surface area contributed by atoms with Crippen molar-refractivity contribution >= 4 is 32.5 Å². The summed E-state index contributed by atoms with van der Waals surface area (Å²) < 4.78 is 22.9. The van der Waals surface area contributed by atoms with Gasteiger partial charge in [0.1, 0.15) is 47.2 Å². The zero-order valence-corrected chi connectivity index (χ0v) is 19.6. The summed E-state index contributed by atoms with van der Waals surface area (Å²) in [5.74, 6) is 0.619. The topological polar surface area (TPSA) is 139 Å². The molecule has 0 radical (unpaired) electrons. The van der Waals surface area contributed by atoms with E-state index in [1.54, 1.807) is 18.2 Å². The van der Waals surface area contributed by atoms with Crippen molar-refractivity contribution in [2.45, 2.75) is 44.4 Å². The molecule has 1 saturated heterocycles. The summed E-state index contributed by atoms with van der Waals surface area (Å²) in [4.78, 5) is 13.1. The Bertz CT molecular complexity index is 1520. The van der Waals surface area contributed by atoms with Crippen molar-refractivity contribution in [3.63, 3.8) is 0 Å². The van der Waals surface area contributed by atoms with Gasteiger partial charge in [-0.2, -0.15) is 0 Å². The normalized spacial score (nSPS) is 23.3. The summed E-state index contributed by atoms with van der Waals surface area (Å²) in [7, 11) is 2.95. The van der Waals surface area contributed by atoms with Crippen LogP contribution in [0.4, 0.5) is 0 Å². The highest BCUT2D eigenvalue weighted by molar-refractivity contribution is 6.19. The van der Waals surface area contributed by atoms with E-state index in [0.29, 0.717) is 33.2 Å². The van der Waals surface area contributed by atoms with Crippen molar-refractivity contribution in [3.8, 4) is 17.2 Å². The molecule has 3 aromatic carbocycles. The van der Waals surface area contributed by atoms with Crippen molar-refractivity contribution in [2.75, 3.05) is 14.2 Å². The molecule has 0 unspecified atom stereocenters. The van der Waals surface area contributed by atoms with E-state index in [9.17, 15) is 25.2 Å². The van der Waals surface area contributed by atoms with Crippen molar-refractivity contribution < 1.29 is 39.1 Å². The van der Waals surface area contributed by atoms with E-state index in [0.717, 1.165) is 5.56 Å². The molecule has 2 heterocycles. The van der Waals surface area contributed by atoms with E-state index in [4.69, 9.17) is 18.6 Å². The fraction of sp³-hybridized carbons (Fsp3) is 0.346. The number of aliphatic hydroxyl groups excluding tert-OH is 3. The van der Waals surface area contributed by atoms with Crippen LogP contribution in [0.15, 0.2) is 39.5 Å². The standard InChI is InChI=1S/C26H26O9/c1-10-7-14-18(16(8-10)32-3)13-9-17(33-4)20-15(28)6-5-12(19(20)24(13)35-26(14)31)25-22(30)21(29)23(34-25)11(2)27/h5-9,11,21-23,25,27-30H,1-4H3/t11-,21+,22-,23+,25-/m1/s1. The lowest BCUT2D eigenvalue weighted by Crippen LogP contribution is -2.36. The number of rotatable bonds is 4. The molecule has 35 heavy (non-hydrogen) atoms. The predicted molar refractivity (Wildman–Crippen MR) is 128 cm³/mol. The molecular formula is C26H26O9. The Kier molecular flexibility index (Phi) is 5.60. The monoisotopic (exact) mass is 482 g/mol. The lowest BCUT2D eigenvalue weighted by atomic mass is 9.92. The van der Waals surface area contributed by atoms with Crippen LogP contribution in [-0.4, -0.2) is 59.1 Å². The van der Waals surface area contributed by atoms with Gasteiger partial charge in [0.2, 0.25) is 0 Å². The molecule has 1 aliphatic rings. The quantitative estimate of drug-likeness (QED) is 0.255. The Balaban J connectivity index is 1.95. The summed E-state index contributed by atoms with van der Waals surface area (Å²) in [6, 6.07) is 8.10. The number of phenolic OH excluding ortho intramolecular Hbond substituents is 1. The smallest absolute Gasteiger partial charge is 0.344 e. The predicted octanol–water partition coefficient (Wildman–Crippen LogP) is 2.67. The Labute approximate surface area is 199 Å². The lowest BCUT2D eigenvalue weighted by molar-refractivity contribution is -0.0586. The number of fused-ring (bicyclic) bond motifs is 5. The van der Waals surface area contributed by atoms with Crippen LogP contribution in [0.2, 0.25) is 0 Å². The van der Waals surface area contributed by atoms with Crippen LogP contribution in [0.1, 0.15) is 24.2 Å². The average Bonchev–Trinajstić information content (AvgIpc) is 3.13. The van der Waals surface area contributed by atoms with Gasteiger partial charge < -0.3 is 39.1 Å². The molecule has 5 atom stereocenters. The van der Waals surface area contributed by atoms with Gasteiger partial charge in [0.15, 0.2) is 0 Å². The van der Waals surface area contributed by atoms with Gasteiger partial charge >= 0.3 is 5.63 Å². The SMILES string of the molecule is COc1cc2c(oc(=O)c3cc(C)cc(OC)c32)c2c([C@H]3O[C@@H]([C@@H](C)O)[C@@H](O)[C@H]3O)ccc(O)c12. The first kappa shape index (κ1) is 23.4. The van der Waals surface area contributed by atoms with E-state index in [1.807, 2.05) is 6.92 Å². The molecule has 4 N–H and O–H groups in total. The van der Waals surface area contributed by atoms with Gasteiger partial charge in [-0.1, -0.05) is 6.07 Å². The molecule has 1 aliphatic heterocycles. The maximum Gasteiger partial charge on any atom is 0.344 e. The van der Waals surface area contributed by atoms with Gasteiger partial charge in [0.05, 0.1) is 31.1 Å². The van der Waals surface area contributed by atoms with Crippen molar-refractivity contribution in [1.29, 1.82) is 0 Å². The van der Waals surface area contributed by atoms with Crippen molar-refractivity contribution in [2.24, 2.45) is 0 Å². The average molecular weight is 482 g/mol. The number of hydrogen-bond acceptors (Lipinski definition) is 9. The number of aromatic hydroxyl groups is 1. The van der Waals surface area contributed by atoms with Crippen LogP contribution in [0.5, 0.6) is 17.2 Å². The van der Waals surface area contributed by atoms with Crippen molar-refractivity contribution in [3.05, 3.63) is 51.9 Å². The van der Waals surface area contributed by atoms with Gasteiger partial charge in [0.25, 0.3) is 0 Å². The van der Waals surface area contributed by atoms with Crippen LogP contribution in [0.25, 0.3) is 32.5 Å². The summed E-state index contributed by atoms with van der Waals surface area (Å²) in [6.07, 6.45) is -5.89. The van der Waals surface area contributed by atoms with E-state index >= 15 is 0 Å². The van der Waals surface area contributed by atoms with Crippen LogP contribution in [0, 0.1) is 6.92 Å². The highest BCUT2D eigenvalue weighted by Gasteiger charge is 2.46. The second-order valence-corrected chi connectivity index (χ2v) is 8.90. The van der Waals surface area contributed by atoms with E-state index in [2.05, 4.69) is 0 Å². The summed E-state index contributed by atoms with van der Waals surface area (Å²) in [5.41, 5.74) is 0.694. The molecule has 0 aliphatic carbocycles. The lowest BCUT2D eigenvalue weighted by Gasteiger charge is -2.20. The Hall–Kier alpha value is -3.37. The fourth-order valence-electron chi connectivity index (χ4n) is 5.06. The first-order valence-electron chi connectivity index (χ1n) is 11.1. The number of aryl methyl sites for hydroxylation is 1. The third-order valence-corrected chi connectivity index (χ3v) is 6.66. The molecule has 9 nitrogen and oxygen atoms in total. The molecule has 9 heteroatoms. The molecule has 0 bridgehead atoms. The summed E-state index contributed by atoms with van der Waals surface area (Å²) in [6.45, 7) is 3.29. The number of methoxy groups -OCH3 is 2. The maximum absolute atomic E-state index is 13.1. The van der Waals surface area contributed by atoms with Crippen LogP contribution >= 0.6 is 0 Å². The molecule has 5 rings (SSSR count). The zero-order chi connectivity index (χ0) is 25.2. The summed E-state index contributed by atoms with van der Waals surface area (Å²) >= 11 is 0. The maximum atomic E-state index is 13.1. The van der Waals surface area contributed by atoms with Gasteiger partial charge in [-0.3, -0.25) is 0 Å². The number of phenols is 1. The summed E-state index contributed by atoms with van der Waals surface area (Å²) in [5, 5.41) is 43.9. The minimum absolute atomic E-state index is 0.136. The zero-order valence-electron chi connectivity index (χ0n) is 19.6. The highest BCUT2D eigenvalue weighted by Crippen LogP contribution is 2.47. The van der Waals surface area contributed by atoms with Crippen LogP contribution < -0.4 is 15.1 Å². The minimum atomic E-state index is -1.38. The van der Waals surface area contributed by atoms with Crippen LogP contribution in [0.3, 0.4) is 0 Å². The fourth-order valence-corrected chi connectivity index (χ4v) is 5.06. The third-order valence-electron chi connectivity index (χ3n) is 6.66. The molecule has 0 spiro atoms. The Morgan fingerprint density at radius 2 is 1.63 bits per heavy atom. The van der Waals surface area contributed by atoms with E-state index in [1.165, 1.54) is 33.3 Å².